The highest BCUT2D eigenvalue weighted by atomic mass is 79.9. The van der Waals surface area contributed by atoms with E-state index in [1.54, 1.807) is 6.07 Å². The summed E-state index contributed by atoms with van der Waals surface area (Å²) in [5.74, 6) is -0.990. The zero-order valence-electron chi connectivity index (χ0n) is 7.81. The summed E-state index contributed by atoms with van der Waals surface area (Å²) >= 11 is 2.43. The van der Waals surface area contributed by atoms with E-state index in [-0.39, 0.29) is 5.56 Å². The number of benzene rings is 1. The molecule has 0 saturated carbocycles. The van der Waals surface area contributed by atoms with Crippen LogP contribution in [0.3, 0.4) is 0 Å². The predicted molar refractivity (Wildman–Crippen MR) is 54.2 cm³/mol. The first-order valence-corrected chi connectivity index (χ1v) is 4.91. The van der Waals surface area contributed by atoms with Gasteiger partial charge in [0.25, 0.3) is 0 Å². The molecular weight excluding hydrogens is 273 g/mol. The summed E-state index contributed by atoms with van der Waals surface area (Å²) in [4.78, 5) is 11.5. The summed E-state index contributed by atoms with van der Waals surface area (Å²) in [6, 6.07) is 7.39. The minimum atomic E-state index is -4.61. The summed E-state index contributed by atoms with van der Waals surface area (Å²) in [6.07, 6.45) is -4.61. The number of carbonyl (C=O) groups is 1. The fraction of sp³-hybridized carbons (Fsp3) is 0.300. The van der Waals surface area contributed by atoms with Crippen LogP contribution >= 0.6 is 15.9 Å². The Balaban J connectivity index is 3.06. The summed E-state index contributed by atoms with van der Waals surface area (Å²) in [7, 11) is 0. The second kappa shape index (κ2) is 3.96. The van der Waals surface area contributed by atoms with Crippen molar-refractivity contribution >= 4 is 21.7 Å². The molecule has 0 aliphatic rings. The van der Waals surface area contributed by atoms with Gasteiger partial charge in [-0.25, -0.2) is 0 Å². The van der Waals surface area contributed by atoms with Gasteiger partial charge in [-0.15, -0.1) is 0 Å². The quantitative estimate of drug-likeness (QED) is 0.598. The molecule has 0 radical (unpaired) electrons. The Morgan fingerprint density at radius 3 is 2.07 bits per heavy atom. The van der Waals surface area contributed by atoms with Crippen LogP contribution in [0, 0.1) is 0 Å². The van der Waals surface area contributed by atoms with Gasteiger partial charge < -0.3 is 0 Å². The van der Waals surface area contributed by atoms with Crippen LogP contribution in [0.1, 0.15) is 17.3 Å². The maximum absolute atomic E-state index is 12.5. The normalized spacial score (nSPS) is 15.8. The van der Waals surface area contributed by atoms with Gasteiger partial charge in [-0.05, 0) is 6.92 Å². The van der Waals surface area contributed by atoms with Crippen molar-refractivity contribution in [3.8, 4) is 0 Å². The summed E-state index contributed by atoms with van der Waals surface area (Å²) < 4.78 is 35.0. The maximum Gasteiger partial charge on any atom is 0.410 e. The van der Waals surface area contributed by atoms with Crippen molar-refractivity contribution in [1.82, 2.24) is 0 Å². The van der Waals surface area contributed by atoms with Crippen molar-refractivity contribution in [1.29, 1.82) is 0 Å². The van der Waals surface area contributed by atoms with Gasteiger partial charge in [0.2, 0.25) is 0 Å². The van der Waals surface area contributed by atoms with Gasteiger partial charge in [0.05, 0.1) is 0 Å². The molecule has 0 amide bonds. The van der Waals surface area contributed by atoms with Gasteiger partial charge in [-0.1, -0.05) is 46.3 Å². The highest BCUT2D eigenvalue weighted by molar-refractivity contribution is 9.10. The van der Waals surface area contributed by atoms with Gasteiger partial charge in [-0.3, -0.25) is 4.79 Å². The Kier molecular flexibility index (Phi) is 3.23. The lowest BCUT2D eigenvalue weighted by Crippen LogP contribution is -2.43. The number of halogens is 4. The zero-order chi connectivity index (χ0) is 11.7. The van der Waals surface area contributed by atoms with E-state index in [4.69, 9.17) is 0 Å². The highest BCUT2D eigenvalue weighted by Gasteiger charge is 2.54. The van der Waals surface area contributed by atoms with Crippen LogP contribution in [-0.2, 0) is 0 Å². The Bertz CT molecular complexity index is 357. The molecule has 5 heteroatoms. The van der Waals surface area contributed by atoms with Crippen molar-refractivity contribution in [3.63, 3.8) is 0 Å². The van der Waals surface area contributed by atoms with Crippen LogP contribution in [-0.4, -0.2) is 16.3 Å². The number of hydrogen-bond donors (Lipinski definition) is 0. The Hall–Kier alpha value is -0.840. The van der Waals surface area contributed by atoms with E-state index in [1.165, 1.54) is 24.3 Å². The topological polar surface area (TPSA) is 17.1 Å². The number of hydrogen-bond acceptors (Lipinski definition) is 1. The lowest BCUT2D eigenvalue weighted by molar-refractivity contribution is -0.141. The highest BCUT2D eigenvalue weighted by Crippen LogP contribution is 2.39. The fourth-order valence-corrected chi connectivity index (χ4v) is 1.22. The van der Waals surface area contributed by atoms with Gasteiger partial charge >= 0.3 is 6.18 Å². The molecule has 1 aromatic rings. The van der Waals surface area contributed by atoms with Crippen molar-refractivity contribution in [2.45, 2.75) is 17.4 Å². The molecule has 82 valence electrons. The number of Topliss-reactive ketones (excluding diaryl/α,β-unsaturated/α-hetero) is 1. The summed E-state index contributed by atoms with van der Waals surface area (Å²) in [6.45, 7) is 0.808. The van der Waals surface area contributed by atoms with Crippen molar-refractivity contribution in [2.24, 2.45) is 0 Å². The first kappa shape index (κ1) is 12.2. The van der Waals surface area contributed by atoms with Gasteiger partial charge in [-0.2, -0.15) is 13.2 Å². The molecule has 1 unspecified atom stereocenters. The third-order valence-corrected chi connectivity index (χ3v) is 2.80. The third-order valence-electron chi connectivity index (χ3n) is 1.99. The lowest BCUT2D eigenvalue weighted by atomic mass is 9.99. The molecule has 0 aliphatic carbocycles. The second-order valence-electron chi connectivity index (χ2n) is 3.20. The number of carbonyl (C=O) groups excluding carboxylic acids is 1. The van der Waals surface area contributed by atoms with E-state index in [0.717, 1.165) is 6.92 Å². The van der Waals surface area contributed by atoms with Crippen LogP contribution < -0.4 is 0 Å². The van der Waals surface area contributed by atoms with Gasteiger partial charge in [0, 0.05) is 5.56 Å². The molecule has 0 aliphatic heterocycles. The molecule has 1 aromatic carbocycles. The smallest absolute Gasteiger partial charge is 0.292 e. The molecule has 1 nitrogen and oxygen atoms in total. The van der Waals surface area contributed by atoms with E-state index < -0.39 is 16.3 Å². The standard InChI is InChI=1S/C10H8BrF3O/c1-9(11,10(12,13)14)8(15)7-5-3-2-4-6-7/h2-6H,1H3. The van der Waals surface area contributed by atoms with E-state index >= 15 is 0 Å². The van der Waals surface area contributed by atoms with E-state index in [9.17, 15) is 18.0 Å². The van der Waals surface area contributed by atoms with Crippen LogP contribution in [0.5, 0.6) is 0 Å². The first-order valence-electron chi connectivity index (χ1n) is 4.12. The minimum absolute atomic E-state index is 0.0363. The molecule has 0 heterocycles. The van der Waals surface area contributed by atoms with E-state index in [0.29, 0.717) is 0 Å². The van der Waals surface area contributed by atoms with Gasteiger partial charge in [0.15, 0.2) is 10.1 Å². The van der Waals surface area contributed by atoms with Crippen LogP contribution in [0.4, 0.5) is 13.2 Å². The SMILES string of the molecule is CC(Br)(C(=O)c1ccccc1)C(F)(F)F. The van der Waals surface area contributed by atoms with Crippen LogP contribution in [0.15, 0.2) is 30.3 Å². The Morgan fingerprint density at radius 1 is 1.20 bits per heavy atom. The van der Waals surface area contributed by atoms with Gasteiger partial charge in [0.1, 0.15) is 0 Å². The van der Waals surface area contributed by atoms with Crippen LogP contribution in [0.2, 0.25) is 0 Å². The van der Waals surface area contributed by atoms with Crippen molar-refractivity contribution < 1.29 is 18.0 Å². The molecule has 0 aromatic heterocycles. The Morgan fingerprint density at radius 2 is 1.67 bits per heavy atom. The lowest BCUT2D eigenvalue weighted by Gasteiger charge is -2.24. The van der Waals surface area contributed by atoms with E-state index in [1.807, 2.05) is 0 Å². The Labute approximate surface area is 93.4 Å². The number of ketones is 1. The van der Waals surface area contributed by atoms with Crippen LogP contribution in [0.25, 0.3) is 0 Å². The molecule has 15 heavy (non-hydrogen) atoms. The largest absolute Gasteiger partial charge is 0.410 e. The molecule has 0 bridgehead atoms. The van der Waals surface area contributed by atoms with Crippen molar-refractivity contribution in [2.75, 3.05) is 0 Å². The maximum atomic E-state index is 12.5. The molecule has 1 rings (SSSR count). The average molecular weight is 281 g/mol. The third kappa shape index (κ3) is 2.40. The molecule has 0 saturated heterocycles. The summed E-state index contributed by atoms with van der Waals surface area (Å²) in [5, 5.41) is 0. The molecule has 0 spiro atoms. The second-order valence-corrected chi connectivity index (χ2v) is 4.78. The minimum Gasteiger partial charge on any atom is -0.292 e. The first-order chi connectivity index (χ1) is 6.77. The fourth-order valence-electron chi connectivity index (χ4n) is 0.989. The average Bonchev–Trinajstić information content (AvgIpc) is 2.16. The van der Waals surface area contributed by atoms with Crippen molar-refractivity contribution in [3.05, 3.63) is 35.9 Å². The summed E-state index contributed by atoms with van der Waals surface area (Å²) in [5.41, 5.74) is 0.0363. The number of rotatable bonds is 2. The molecule has 1 atom stereocenters. The molecular formula is C10H8BrF3O. The number of alkyl halides is 4. The van der Waals surface area contributed by atoms with E-state index in [2.05, 4.69) is 15.9 Å². The molecule has 0 fully saturated rings. The zero-order valence-corrected chi connectivity index (χ0v) is 9.39. The monoisotopic (exact) mass is 280 g/mol. The molecule has 0 N–H and O–H groups in total. The predicted octanol–water partition coefficient (Wildman–Crippen LogP) is 3.59.